The Kier molecular flexibility index (Phi) is 5.47. The van der Waals surface area contributed by atoms with Gasteiger partial charge in [-0.1, -0.05) is 13.8 Å². The van der Waals surface area contributed by atoms with Crippen LogP contribution in [0.4, 0.5) is 5.69 Å². The number of rotatable bonds is 6. The van der Waals surface area contributed by atoms with Crippen LogP contribution < -0.4 is 10.1 Å². The van der Waals surface area contributed by atoms with Gasteiger partial charge in [0.25, 0.3) is 0 Å². The summed E-state index contributed by atoms with van der Waals surface area (Å²) in [5.41, 5.74) is 2.14. The zero-order chi connectivity index (χ0) is 12.0. The van der Waals surface area contributed by atoms with Crippen molar-refractivity contribution in [2.75, 3.05) is 18.5 Å². The summed E-state index contributed by atoms with van der Waals surface area (Å²) < 4.78 is 5.50. The lowest BCUT2D eigenvalue weighted by Crippen LogP contribution is -2.08. The molecule has 16 heavy (non-hydrogen) atoms. The van der Waals surface area contributed by atoms with Crippen molar-refractivity contribution in [1.29, 1.82) is 0 Å². The Hall–Kier alpha value is -0.890. The Morgan fingerprint density at radius 1 is 1.38 bits per heavy atom. The van der Waals surface area contributed by atoms with Crippen molar-refractivity contribution in [1.82, 2.24) is 0 Å². The van der Waals surface area contributed by atoms with E-state index in [1.54, 1.807) is 0 Å². The summed E-state index contributed by atoms with van der Waals surface area (Å²) in [6.45, 7) is 7.98. The molecule has 0 fully saturated rings. The molecule has 0 aromatic heterocycles. The van der Waals surface area contributed by atoms with Gasteiger partial charge in [0.2, 0.25) is 0 Å². The third-order valence-corrected chi connectivity index (χ3v) is 2.51. The maximum atomic E-state index is 5.89. The van der Waals surface area contributed by atoms with Crippen LogP contribution in [0.5, 0.6) is 5.75 Å². The van der Waals surface area contributed by atoms with Crippen molar-refractivity contribution >= 4 is 17.3 Å². The zero-order valence-electron chi connectivity index (χ0n) is 10.2. The zero-order valence-corrected chi connectivity index (χ0v) is 11.0. The molecule has 0 atom stereocenters. The van der Waals surface area contributed by atoms with Gasteiger partial charge in [0.1, 0.15) is 5.75 Å². The van der Waals surface area contributed by atoms with Crippen molar-refractivity contribution in [3.8, 4) is 5.75 Å². The Bertz CT molecular complexity index is 326. The summed E-state index contributed by atoms with van der Waals surface area (Å²) in [5.74, 6) is 1.99. The predicted octanol–water partition coefficient (Wildman–Crippen LogP) is 3.89. The van der Waals surface area contributed by atoms with Crippen LogP contribution >= 0.6 is 11.6 Å². The van der Waals surface area contributed by atoms with Gasteiger partial charge in [-0.2, -0.15) is 0 Å². The van der Waals surface area contributed by atoms with Crippen molar-refractivity contribution < 1.29 is 4.74 Å². The average Bonchev–Trinajstić information content (AvgIpc) is 2.28. The SMILES string of the molecule is CCOc1ccc(NCC(C)C)cc1CCl. The van der Waals surface area contributed by atoms with E-state index in [1.165, 1.54) is 0 Å². The molecule has 0 aliphatic rings. The molecule has 2 nitrogen and oxygen atoms in total. The van der Waals surface area contributed by atoms with E-state index < -0.39 is 0 Å². The van der Waals surface area contributed by atoms with Gasteiger partial charge < -0.3 is 10.1 Å². The molecular weight excluding hydrogens is 222 g/mol. The highest BCUT2D eigenvalue weighted by Gasteiger charge is 2.04. The number of halogens is 1. The van der Waals surface area contributed by atoms with E-state index in [0.717, 1.165) is 23.5 Å². The second kappa shape index (κ2) is 6.64. The maximum Gasteiger partial charge on any atom is 0.123 e. The minimum atomic E-state index is 0.479. The van der Waals surface area contributed by atoms with Crippen LogP contribution in [0.1, 0.15) is 26.3 Å². The van der Waals surface area contributed by atoms with Crippen LogP contribution in [0.25, 0.3) is 0 Å². The molecule has 0 unspecified atom stereocenters. The van der Waals surface area contributed by atoms with Gasteiger partial charge in [0, 0.05) is 17.8 Å². The van der Waals surface area contributed by atoms with Crippen LogP contribution in [-0.2, 0) is 5.88 Å². The van der Waals surface area contributed by atoms with Gasteiger partial charge in [-0.25, -0.2) is 0 Å². The first-order valence-corrected chi connectivity index (χ1v) is 6.26. The standard InChI is InChI=1S/C13H20ClNO/c1-4-16-13-6-5-12(7-11(13)8-14)15-9-10(2)3/h5-7,10,15H,4,8-9H2,1-3H3. The molecule has 0 saturated heterocycles. The van der Waals surface area contributed by atoms with Crippen LogP contribution in [0.15, 0.2) is 18.2 Å². The topological polar surface area (TPSA) is 21.3 Å². The molecule has 0 heterocycles. The van der Waals surface area contributed by atoms with E-state index in [1.807, 2.05) is 19.1 Å². The first-order chi connectivity index (χ1) is 7.67. The first kappa shape index (κ1) is 13.2. The van der Waals surface area contributed by atoms with Crippen LogP contribution in [-0.4, -0.2) is 13.2 Å². The van der Waals surface area contributed by atoms with Gasteiger partial charge in [-0.3, -0.25) is 0 Å². The van der Waals surface area contributed by atoms with Gasteiger partial charge >= 0.3 is 0 Å². The molecule has 1 aromatic rings. The molecule has 0 radical (unpaired) electrons. The van der Waals surface area contributed by atoms with E-state index in [9.17, 15) is 0 Å². The van der Waals surface area contributed by atoms with E-state index in [2.05, 4.69) is 25.2 Å². The fraction of sp³-hybridized carbons (Fsp3) is 0.538. The van der Waals surface area contributed by atoms with Crippen LogP contribution in [0.3, 0.4) is 0 Å². The molecule has 0 amide bonds. The quantitative estimate of drug-likeness (QED) is 0.763. The number of benzene rings is 1. The normalized spacial score (nSPS) is 10.6. The molecule has 1 rings (SSSR count). The second-order valence-electron chi connectivity index (χ2n) is 4.16. The third kappa shape index (κ3) is 3.93. The van der Waals surface area contributed by atoms with Gasteiger partial charge in [-0.05, 0) is 31.0 Å². The van der Waals surface area contributed by atoms with E-state index in [4.69, 9.17) is 16.3 Å². The number of hydrogen-bond acceptors (Lipinski definition) is 2. The monoisotopic (exact) mass is 241 g/mol. The summed E-state index contributed by atoms with van der Waals surface area (Å²) >= 11 is 5.89. The summed E-state index contributed by atoms with van der Waals surface area (Å²) in [7, 11) is 0. The van der Waals surface area contributed by atoms with Crippen molar-refractivity contribution in [2.24, 2.45) is 5.92 Å². The largest absolute Gasteiger partial charge is 0.494 e. The van der Waals surface area contributed by atoms with Crippen molar-refractivity contribution in [2.45, 2.75) is 26.7 Å². The average molecular weight is 242 g/mol. The predicted molar refractivity (Wildman–Crippen MR) is 70.5 cm³/mol. The van der Waals surface area contributed by atoms with E-state index >= 15 is 0 Å². The molecule has 1 aromatic carbocycles. The van der Waals surface area contributed by atoms with Gasteiger partial charge in [0.05, 0.1) is 12.5 Å². The molecule has 0 saturated carbocycles. The Balaban J connectivity index is 2.74. The Labute approximate surface area is 103 Å². The highest BCUT2D eigenvalue weighted by molar-refractivity contribution is 6.17. The fourth-order valence-electron chi connectivity index (χ4n) is 1.41. The van der Waals surface area contributed by atoms with Crippen molar-refractivity contribution in [3.05, 3.63) is 23.8 Å². The molecule has 0 aliphatic carbocycles. The van der Waals surface area contributed by atoms with Gasteiger partial charge in [0.15, 0.2) is 0 Å². The van der Waals surface area contributed by atoms with Gasteiger partial charge in [-0.15, -0.1) is 11.6 Å². The number of ether oxygens (including phenoxy) is 1. The summed E-state index contributed by atoms with van der Waals surface area (Å²) in [6.07, 6.45) is 0. The molecule has 0 aliphatic heterocycles. The molecular formula is C13H20ClNO. The fourth-order valence-corrected chi connectivity index (χ4v) is 1.62. The molecule has 0 spiro atoms. The summed E-state index contributed by atoms with van der Waals surface area (Å²) in [6, 6.07) is 6.06. The lowest BCUT2D eigenvalue weighted by atomic mass is 10.1. The lowest BCUT2D eigenvalue weighted by molar-refractivity contribution is 0.337. The lowest BCUT2D eigenvalue weighted by Gasteiger charge is -2.13. The highest BCUT2D eigenvalue weighted by Crippen LogP contribution is 2.24. The van der Waals surface area contributed by atoms with E-state index in [-0.39, 0.29) is 0 Å². The Morgan fingerprint density at radius 3 is 2.69 bits per heavy atom. The molecule has 3 heteroatoms. The minimum absolute atomic E-state index is 0.479. The summed E-state index contributed by atoms with van der Waals surface area (Å²) in [5, 5.41) is 3.37. The third-order valence-electron chi connectivity index (χ3n) is 2.22. The second-order valence-corrected chi connectivity index (χ2v) is 4.43. The molecule has 90 valence electrons. The van der Waals surface area contributed by atoms with Crippen molar-refractivity contribution in [3.63, 3.8) is 0 Å². The first-order valence-electron chi connectivity index (χ1n) is 5.73. The van der Waals surface area contributed by atoms with E-state index in [0.29, 0.717) is 18.4 Å². The van der Waals surface area contributed by atoms with Crippen LogP contribution in [0.2, 0.25) is 0 Å². The molecule has 0 bridgehead atoms. The van der Waals surface area contributed by atoms with Crippen LogP contribution in [0, 0.1) is 5.92 Å². The summed E-state index contributed by atoms with van der Waals surface area (Å²) in [4.78, 5) is 0. The Morgan fingerprint density at radius 2 is 2.12 bits per heavy atom. The highest BCUT2D eigenvalue weighted by atomic mass is 35.5. The minimum Gasteiger partial charge on any atom is -0.494 e. The number of anilines is 1. The number of nitrogens with one attached hydrogen (secondary N) is 1. The number of hydrogen-bond donors (Lipinski definition) is 1. The number of alkyl halides is 1. The smallest absolute Gasteiger partial charge is 0.123 e. The molecule has 1 N–H and O–H groups in total. The maximum absolute atomic E-state index is 5.89.